The predicted molar refractivity (Wildman–Crippen MR) is 90.6 cm³/mol. The van der Waals surface area contributed by atoms with Crippen molar-refractivity contribution in [2.75, 3.05) is 32.8 Å². The van der Waals surface area contributed by atoms with Crippen LogP contribution in [0.4, 0.5) is 4.79 Å². The zero-order valence-corrected chi connectivity index (χ0v) is 14.2. The molecule has 0 bridgehead atoms. The Hall–Kier alpha value is -1.11. The van der Waals surface area contributed by atoms with Crippen LogP contribution in [0, 0.1) is 11.8 Å². The van der Waals surface area contributed by atoms with Crippen molar-refractivity contribution in [3.63, 3.8) is 0 Å². The summed E-state index contributed by atoms with van der Waals surface area (Å²) >= 11 is 1.69. The lowest BCUT2D eigenvalue weighted by molar-refractivity contribution is -0.0250. The molecule has 3 aliphatic rings. The number of urea groups is 1. The maximum Gasteiger partial charge on any atom is 0.318 e. The number of carbonyl (C=O) groups is 1. The average molecular weight is 335 g/mol. The van der Waals surface area contributed by atoms with Crippen LogP contribution in [0.1, 0.15) is 30.9 Å². The van der Waals surface area contributed by atoms with Gasteiger partial charge in [-0.3, -0.25) is 0 Å². The summed E-state index contributed by atoms with van der Waals surface area (Å²) in [6.07, 6.45) is 3.38. The van der Waals surface area contributed by atoms with Gasteiger partial charge in [-0.2, -0.15) is 11.3 Å². The van der Waals surface area contributed by atoms with E-state index in [-0.39, 0.29) is 12.1 Å². The molecular weight excluding hydrogens is 310 g/mol. The van der Waals surface area contributed by atoms with Crippen LogP contribution in [0.15, 0.2) is 16.8 Å². The normalized spacial score (nSPS) is 33.0. The minimum absolute atomic E-state index is 0.104. The number of nitrogens with zero attached hydrogens (tertiary/aromatic N) is 1. The fourth-order valence-electron chi connectivity index (χ4n) is 4.36. The lowest BCUT2D eigenvalue weighted by Gasteiger charge is -2.42. The van der Waals surface area contributed by atoms with Crippen molar-refractivity contribution in [1.82, 2.24) is 15.5 Å². The van der Waals surface area contributed by atoms with E-state index in [1.54, 1.807) is 11.3 Å². The van der Waals surface area contributed by atoms with Crippen LogP contribution in [0.2, 0.25) is 0 Å². The van der Waals surface area contributed by atoms with Crippen LogP contribution in [-0.4, -0.2) is 49.8 Å². The van der Waals surface area contributed by atoms with E-state index in [1.165, 1.54) is 18.4 Å². The SMILES string of the molecule is O=C1NC(c2ccsc2)CN1C1CCOC[C@H]1C1CCNCC1. The molecule has 0 spiro atoms. The minimum Gasteiger partial charge on any atom is -0.381 e. The van der Waals surface area contributed by atoms with Crippen molar-refractivity contribution in [2.45, 2.75) is 31.3 Å². The Bertz CT molecular complexity index is 530. The monoisotopic (exact) mass is 335 g/mol. The first-order valence-electron chi connectivity index (χ1n) is 8.70. The molecular formula is C17H25N3O2S. The first-order chi connectivity index (χ1) is 11.3. The summed E-state index contributed by atoms with van der Waals surface area (Å²) in [5.41, 5.74) is 1.23. The second-order valence-corrected chi connectivity index (χ2v) is 7.67. The quantitative estimate of drug-likeness (QED) is 0.890. The zero-order valence-electron chi connectivity index (χ0n) is 13.4. The third kappa shape index (κ3) is 3.12. The standard InChI is InChI=1S/C17H25N3O2S/c21-17-19-15(13-4-8-23-11-13)9-20(17)16-3-7-22-10-14(16)12-1-5-18-6-2-12/h4,8,11-12,14-16,18H,1-3,5-7,9-10H2,(H,19,21)/t14-,15?,16?/m0/s1. The second-order valence-electron chi connectivity index (χ2n) is 6.89. The summed E-state index contributed by atoms with van der Waals surface area (Å²) in [6, 6.07) is 2.70. The van der Waals surface area contributed by atoms with E-state index in [0.29, 0.717) is 17.9 Å². The van der Waals surface area contributed by atoms with Gasteiger partial charge in [0.1, 0.15) is 0 Å². The number of carbonyl (C=O) groups excluding carboxylic acids is 1. The molecule has 126 valence electrons. The van der Waals surface area contributed by atoms with E-state index >= 15 is 0 Å². The first-order valence-corrected chi connectivity index (χ1v) is 9.65. The number of piperidine rings is 1. The van der Waals surface area contributed by atoms with E-state index in [9.17, 15) is 4.79 Å². The maximum atomic E-state index is 12.6. The van der Waals surface area contributed by atoms with Crippen molar-refractivity contribution in [2.24, 2.45) is 11.8 Å². The molecule has 3 aliphatic heterocycles. The molecule has 3 atom stereocenters. The van der Waals surface area contributed by atoms with Gasteiger partial charge >= 0.3 is 6.03 Å². The summed E-state index contributed by atoms with van der Waals surface area (Å²) in [7, 11) is 0. The molecule has 2 unspecified atom stereocenters. The Balaban J connectivity index is 1.49. The Morgan fingerprint density at radius 3 is 2.91 bits per heavy atom. The number of nitrogens with one attached hydrogen (secondary N) is 2. The smallest absolute Gasteiger partial charge is 0.318 e. The van der Waals surface area contributed by atoms with Gasteiger partial charge in [0, 0.05) is 25.1 Å². The molecule has 4 heterocycles. The second kappa shape index (κ2) is 6.79. The van der Waals surface area contributed by atoms with E-state index in [4.69, 9.17) is 4.74 Å². The van der Waals surface area contributed by atoms with Gasteiger partial charge in [0.25, 0.3) is 0 Å². The number of amides is 2. The molecule has 0 aliphatic carbocycles. The first kappa shape index (κ1) is 15.4. The Labute approximate surface area is 141 Å². The topological polar surface area (TPSA) is 53.6 Å². The molecule has 0 saturated carbocycles. The van der Waals surface area contributed by atoms with Crippen LogP contribution >= 0.6 is 11.3 Å². The van der Waals surface area contributed by atoms with Gasteiger partial charge in [0.2, 0.25) is 0 Å². The number of ether oxygens (including phenoxy) is 1. The van der Waals surface area contributed by atoms with Crippen molar-refractivity contribution in [1.29, 1.82) is 0 Å². The molecule has 4 rings (SSSR count). The highest BCUT2D eigenvalue weighted by molar-refractivity contribution is 7.08. The Morgan fingerprint density at radius 2 is 2.13 bits per heavy atom. The molecule has 1 aromatic heterocycles. The van der Waals surface area contributed by atoms with Gasteiger partial charge in [-0.1, -0.05) is 0 Å². The van der Waals surface area contributed by atoms with Crippen LogP contribution in [0.3, 0.4) is 0 Å². The third-order valence-electron chi connectivity index (χ3n) is 5.64. The summed E-state index contributed by atoms with van der Waals surface area (Å²) in [5, 5.41) is 10.8. The van der Waals surface area contributed by atoms with Crippen molar-refractivity contribution in [3.05, 3.63) is 22.4 Å². The highest BCUT2D eigenvalue weighted by Crippen LogP contribution is 2.35. The molecule has 1 aromatic rings. The summed E-state index contributed by atoms with van der Waals surface area (Å²) < 4.78 is 5.78. The third-order valence-corrected chi connectivity index (χ3v) is 6.34. The predicted octanol–water partition coefficient (Wildman–Crippen LogP) is 2.22. The average Bonchev–Trinajstić information content (AvgIpc) is 3.25. The maximum absolute atomic E-state index is 12.6. The van der Waals surface area contributed by atoms with Crippen molar-refractivity contribution >= 4 is 17.4 Å². The number of thiophene rings is 1. The van der Waals surface area contributed by atoms with Gasteiger partial charge < -0.3 is 20.3 Å². The number of rotatable bonds is 3. The summed E-state index contributed by atoms with van der Waals surface area (Å²) in [4.78, 5) is 14.7. The fourth-order valence-corrected chi connectivity index (χ4v) is 5.08. The molecule has 6 heteroatoms. The van der Waals surface area contributed by atoms with Crippen molar-refractivity contribution < 1.29 is 9.53 Å². The van der Waals surface area contributed by atoms with Crippen LogP contribution in [0.5, 0.6) is 0 Å². The van der Waals surface area contributed by atoms with Gasteiger partial charge in [-0.05, 0) is 60.7 Å². The minimum atomic E-state index is 0.104. The molecule has 0 radical (unpaired) electrons. The van der Waals surface area contributed by atoms with Gasteiger partial charge in [-0.25, -0.2) is 4.79 Å². The Kier molecular flexibility index (Phi) is 4.55. The van der Waals surface area contributed by atoms with E-state index in [2.05, 4.69) is 32.4 Å². The van der Waals surface area contributed by atoms with Crippen molar-refractivity contribution in [3.8, 4) is 0 Å². The van der Waals surface area contributed by atoms with E-state index in [0.717, 1.165) is 39.3 Å². The summed E-state index contributed by atoms with van der Waals surface area (Å²) in [5.74, 6) is 1.16. The van der Waals surface area contributed by atoms with Gasteiger partial charge in [0.05, 0.1) is 12.6 Å². The largest absolute Gasteiger partial charge is 0.381 e. The Morgan fingerprint density at radius 1 is 1.26 bits per heavy atom. The van der Waals surface area contributed by atoms with E-state index in [1.807, 2.05) is 0 Å². The van der Waals surface area contributed by atoms with Gasteiger partial charge in [-0.15, -0.1) is 0 Å². The molecule has 23 heavy (non-hydrogen) atoms. The van der Waals surface area contributed by atoms with Crippen LogP contribution < -0.4 is 10.6 Å². The molecule has 2 N–H and O–H groups in total. The fraction of sp³-hybridized carbons (Fsp3) is 0.706. The van der Waals surface area contributed by atoms with Crippen LogP contribution in [0.25, 0.3) is 0 Å². The number of hydrogen-bond donors (Lipinski definition) is 2. The number of hydrogen-bond acceptors (Lipinski definition) is 4. The molecule has 2 amide bonds. The molecule has 0 aromatic carbocycles. The molecule has 5 nitrogen and oxygen atoms in total. The van der Waals surface area contributed by atoms with Gasteiger partial charge in [0.15, 0.2) is 0 Å². The zero-order chi connectivity index (χ0) is 15.6. The lowest BCUT2D eigenvalue weighted by Crippen LogP contribution is -2.51. The molecule has 3 saturated heterocycles. The summed E-state index contributed by atoms with van der Waals surface area (Å²) in [6.45, 7) is 4.57. The highest BCUT2D eigenvalue weighted by Gasteiger charge is 2.42. The highest BCUT2D eigenvalue weighted by atomic mass is 32.1. The van der Waals surface area contributed by atoms with Crippen LogP contribution in [-0.2, 0) is 4.74 Å². The molecule has 3 fully saturated rings. The lowest BCUT2D eigenvalue weighted by atomic mass is 9.78. The van der Waals surface area contributed by atoms with E-state index < -0.39 is 0 Å².